The van der Waals surface area contributed by atoms with Crippen LogP contribution in [-0.2, 0) is 0 Å². The van der Waals surface area contributed by atoms with Crippen LogP contribution in [0.1, 0.15) is 26.3 Å². The summed E-state index contributed by atoms with van der Waals surface area (Å²) in [6.45, 7) is 0. The molecule has 0 spiro atoms. The standard InChI is InChI=1S/C37H26N2O2/c40-36(30-21-11-4-12-22-30)32-23-13-14-24-33(32)37(41)38-39-34(28-17-7-2-8-18-28)25-31(27-15-5-1-6-16-27)26-35(39)29-19-9-3-10-20-29/h1-26H/p+1. The number of nitrogens with one attached hydrogen (secondary N) is 1. The fourth-order valence-electron chi connectivity index (χ4n) is 4.94. The van der Waals surface area contributed by atoms with Gasteiger partial charge in [0, 0.05) is 34.4 Å². The van der Waals surface area contributed by atoms with E-state index in [1.807, 2.05) is 102 Å². The Morgan fingerprint density at radius 1 is 0.439 bits per heavy atom. The smallest absolute Gasteiger partial charge is 0.289 e. The van der Waals surface area contributed by atoms with E-state index in [4.69, 9.17) is 0 Å². The third-order valence-corrected chi connectivity index (χ3v) is 6.98. The van der Waals surface area contributed by atoms with Gasteiger partial charge in [0.1, 0.15) is 0 Å². The van der Waals surface area contributed by atoms with E-state index < -0.39 is 0 Å². The Labute approximate surface area is 239 Å². The lowest BCUT2D eigenvalue weighted by molar-refractivity contribution is -0.618. The van der Waals surface area contributed by atoms with Gasteiger partial charge in [0.2, 0.25) is 11.4 Å². The van der Waals surface area contributed by atoms with E-state index in [0.717, 1.165) is 33.6 Å². The first-order valence-electron chi connectivity index (χ1n) is 13.5. The van der Waals surface area contributed by atoms with Gasteiger partial charge in [-0.25, -0.2) is 0 Å². The number of nitrogens with zero attached hydrogens (tertiary/aromatic N) is 1. The number of aromatic nitrogens is 1. The van der Waals surface area contributed by atoms with Gasteiger partial charge in [-0.15, -0.1) is 5.43 Å². The third kappa shape index (κ3) is 5.45. The molecule has 6 rings (SSSR count). The van der Waals surface area contributed by atoms with Gasteiger partial charge >= 0.3 is 5.91 Å². The molecule has 0 aliphatic carbocycles. The van der Waals surface area contributed by atoms with Crippen LogP contribution >= 0.6 is 0 Å². The van der Waals surface area contributed by atoms with Gasteiger partial charge in [-0.2, -0.15) is 0 Å². The molecule has 5 aromatic carbocycles. The lowest BCUT2D eigenvalue weighted by Gasteiger charge is -2.13. The van der Waals surface area contributed by atoms with Gasteiger partial charge in [-0.3, -0.25) is 9.59 Å². The van der Waals surface area contributed by atoms with Crippen LogP contribution in [0.4, 0.5) is 0 Å². The molecule has 4 heteroatoms. The molecule has 0 aliphatic heterocycles. The molecule has 1 amide bonds. The lowest BCUT2D eigenvalue weighted by atomic mass is 9.98. The molecular formula is C37H27N2O2+. The van der Waals surface area contributed by atoms with Crippen molar-refractivity contribution < 1.29 is 14.3 Å². The van der Waals surface area contributed by atoms with E-state index in [1.165, 1.54) is 0 Å². The van der Waals surface area contributed by atoms with Crippen molar-refractivity contribution in [2.45, 2.75) is 0 Å². The number of hydrogen-bond donors (Lipinski definition) is 1. The van der Waals surface area contributed by atoms with Gasteiger partial charge in [0.15, 0.2) is 5.78 Å². The Hall–Kier alpha value is -5.61. The zero-order valence-electron chi connectivity index (χ0n) is 22.3. The van der Waals surface area contributed by atoms with Crippen molar-refractivity contribution in [3.05, 3.63) is 174 Å². The van der Waals surface area contributed by atoms with Crippen LogP contribution in [0.25, 0.3) is 33.6 Å². The number of benzene rings is 5. The maximum atomic E-state index is 14.0. The number of rotatable bonds is 7. The topological polar surface area (TPSA) is 50.1 Å². The van der Waals surface area contributed by atoms with E-state index in [-0.39, 0.29) is 11.7 Å². The summed E-state index contributed by atoms with van der Waals surface area (Å²) >= 11 is 0. The van der Waals surface area contributed by atoms with Crippen molar-refractivity contribution in [2.24, 2.45) is 0 Å². The summed E-state index contributed by atoms with van der Waals surface area (Å²) in [7, 11) is 0. The quantitative estimate of drug-likeness (QED) is 0.170. The molecule has 1 aromatic heterocycles. The van der Waals surface area contributed by atoms with Gasteiger partial charge < -0.3 is 0 Å². The number of ketones is 1. The monoisotopic (exact) mass is 531 g/mol. The molecule has 0 saturated heterocycles. The van der Waals surface area contributed by atoms with Crippen molar-refractivity contribution in [3.63, 3.8) is 0 Å². The number of amides is 1. The molecule has 0 radical (unpaired) electrons. The Kier molecular flexibility index (Phi) is 7.28. The molecule has 1 N–H and O–H groups in total. The molecule has 196 valence electrons. The summed E-state index contributed by atoms with van der Waals surface area (Å²) in [4.78, 5) is 27.4. The maximum absolute atomic E-state index is 14.0. The maximum Gasteiger partial charge on any atom is 0.306 e. The Morgan fingerprint density at radius 3 is 1.37 bits per heavy atom. The van der Waals surface area contributed by atoms with E-state index in [0.29, 0.717) is 16.7 Å². The summed E-state index contributed by atoms with van der Waals surface area (Å²) in [5.74, 6) is -0.580. The molecule has 0 fully saturated rings. The van der Waals surface area contributed by atoms with E-state index >= 15 is 0 Å². The summed E-state index contributed by atoms with van der Waals surface area (Å²) in [6, 6.07) is 50.2. The minimum absolute atomic E-state index is 0.202. The predicted molar refractivity (Wildman–Crippen MR) is 163 cm³/mol. The molecule has 0 bridgehead atoms. The van der Waals surface area contributed by atoms with Crippen LogP contribution in [0.3, 0.4) is 0 Å². The molecule has 41 heavy (non-hydrogen) atoms. The number of pyridine rings is 1. The first-order chi connectivity index (χ1) is 20.2. The second-order valence-corrected chi connectivity index (χ2v) is 9.63. The second kappa shape index (κ2) is 11.6. The van der Waals surface area contributed by atoms with Crippen LogP contribution in [0, 0.1) is 0 Å². The lowest BCUT2D eigenvalue weighted by Crippen LogP contribution is -2.52. The van der Waals surface area contributed by atoms with Crippen LogP contribution in [0.15, 0.2) is 158 Å². The van der Waals surface area contributed by atoms with Crippen molar-refractivity contribution in [3.8, 4) is 33.6 Å². The molecule has 1 heterocycles. The highest BCUT2D eigenvalue weighted by Crippen LogP contribution is 2.29. The molecule has 0 aliphatic rings. The van der Waals surface area contributed by atoms with Crippen LogP contribution in [0.2, 0.25) is 0 Å². The first-order valence-corrected chi connectivity index (χ1v) is 13.5. The van der Waals surface area contributed by atoms with Crippen LogP contribution < -0.4 is 10.1 Å². The molecule has 0 atom stereocenters. The molecule has 6 aromatic rings. The summed E-state index contributed by atoms with van der Waals surface area (Å²) in [5.41, 5.74) is 9.92. The van der Waals surface area contributed by atoms with E-state index in [9.17, 15) is 9.59 Å². The predicted octanol–water partition coefficient (Wildman–Crippen LogP) is 7.59. The van der Waals surface area contributed by atoms with Crippen molar-refractivity contribution in [1.82, 2.24) is 0 Å². The Morgan fingerprint density at radius 2 is 0.854 bits per heavy atom. The highest BCUT2D eigenvalue weighted by atomic mass is 16.2. The molecular weight excluding hydrogens is 504 g/mol. The average molecular weight is 532 g/mol. The van der Waals surface area contributed by atoms with Gasteiger partial charge in [-0.05, 0) is 41.5 Å². The van der Waals surface area contributed by atoms with Gasteiger partial charge in [-0.1, -0.05) is 120 Å². The van der Waals surface area contributed by atoms with Crippen molar-refractivity contribution in [2.75, 3.05) is 5.43 Å². The fraction of sp³-hybridized carbons (Fsp3) is 0. The first kappa shape index (κ1) is 25.7. The third-order valence-electron chi connectivity index (χ3n) is 6.98. The average Bonchev–Trinajstić information content (AvgIpc) is 3.06. The number of carbonyl (C=O) groups is 2. The van der Waals surface area contributed by atoms with Crippen molar-refractivity contribution >= 4 is 11.7 Å². The largest absolute Gasteiger partial charge is 0.306 e. The minimum Gasteiger partial charge on any atom is -0.289 e. The second-order valence-electron chi connectivity index (χ2n) is 9.63. The Bertz CT molecular complexity index is 1760. The Balaban J connectivity index is 1.52. The zero-order valence-corrected chi connectivity index (χ0v) is 22.3. The van der Waals surface area contributed by atoms with E-state index in [1.54, 1.807) is 36.4 Å². The summed E-state index contributed by atoms with van der Waals surface area (Å²) in [6.07, 6.45) is 0. The zero-order chi connectivity index (χ0) is 28.0. The number of carbonyl (C=O) groups excluding carboxylic acids is 2. The summed E-state index contributed by atoms with van der Waals surface area (Å²) in [5, 5.41) is 0. The van der Waals surface area contributed by atoms with Gasteiger partial charge in [0.25, 0.3) is 0 Å². The van der Waals surface area contributed by atoms with Crippen molar-refractivity contribution in [1.29, 1.82) is 0 Å². The molecule has 0 saturated carbocycles. The summed E-state index contributed by atoms with van der Waals surface area (Å²) < 4.78 is 1.82. The molecule has 4 nitrogen and oxygen atoms in total. The number of hydrogen-bond acceptors (Lipinski definition) is 2. The van der Waals surface area contributed by atoms with E-state index in [2.05, 4.69) is 29.7 Å². The SMILES string of the molecule is O=C(N[n+]1c(-c2ccccc2)cc(-c2ccccc2)cc1-c1ccccc1)c1ccccc1C(=O)c1ccccc1. The fourth-order valence-corrected chi connectivity index (χ4v) is 4.94. The van der Waals surface area contributed by atoms with Crippen LogP contribution in [0.5, 0.6) is 0 Å². The van der Waals surface area contributed by atoms with Gasteiger partial charge in [0.05, 0.1) is 5.56 Å². The van der Waals surface area contributed by atoms with Crippen LogP contribution in [-0.4, -0.2) is 11.7 Å². The molecule has 0 unspecified atom stereocenters. The highest BCUT2D eigenvalue weighted by molar-refractivity contribution is 6.16. The normalized spacial score (nSPS) is 10.6. The minimum atomic E-state index is -0.378. The highest BCUT2D eigenvalue weighted by Gasteiger charge is 2.27.